The Kier molecular flexibility index (Phi) is 3.93. The second-order valence-corrected chi connectivity index (χ2v) is 3.72. The largest absolute Gasteiger partial charge is 0.479 e. The summed E-state index contributed by atoms with van der Waals surface area (Å²) in [5.41, 5.74) is -3.83. The van der Waals surface area contributed by atoms with E-state index in [4.69, 9.17) is 0 Å². The highest BCUT2D eigenvalue weighted by Gasteiger charge is 2.37. The molecule has 0 aromatic heterocycles. The zero-order valence-corrected chi connectivity index (χ0v) is 7.57. The Bertz CT molecular complexity index is 161. The predicted octanol–water partition coefficient (Wildman–Crippen LogP) is 1.88. The molecule has 0 atom stereocenters. The minimum atomic E-state index is -4.13. The molecule has 0 saturated heterocycles. The van der Waals surface area contributed by atoms with Crippen LogP contribution in [0.4, 0.5) is 8.78 Å². The van der Waals surface area contributed by atoms with Crippen molar-refractivity contribution in [1.29, 1.82) is 0 Å². The van der Waals surface area contributed by atoms with E-state index >= 15 is 0 Å². The third-order valence-corrected chi connectivity index (χ3v) is 2.25. The monoisotopic (exact) mass is 208 g/mol. The van der Waals surface area contributed by atoms with Crippen molar-refractivity contribution >= 4 is 20.5 Å². The van der Waals surface area contributed by atoms with Crippen LogP contribution in [-0.4, -0.2) is 19.7 Å². The van der Waals surface area contributed by atoms with Gasteiger partial charge in [-0.25, -0.2) is 9.09 Å². The van der Waals surface area contributed by atoms with Crippen molar-refractivity contribution in [2.45, 2.75) is 5.44 Å². The standard InChI is InChI=1S/C3H7F2O4PS/c1-7-10(6,8-2)9-3(4,5)11/h11H,1-2H3. The lowest BCUT2D eigenvalue weighted by Gasteiger charge is -2.16. The molecule has 0 amide bonds. The molecule has 8 heteroatoms. The summed E-state index contributed by atoms with van der Waals surface area (Å²) in [6.45, 7) is 0. The van der Waals surface area contributed by atoms with Gasteiger partial charge in [0.15, 0.2) is 0 Å². The molecule has 0 aromatic carbocycles. The van der Waals surface area contributed by atoms with Crippen molar-refractivity contribution in [3.05, 3.63) is 0 Å². The Morgan fingerprint density at radius 2 is 1.73 bits per heavy atom. The van der Waals surface area contributed by atoms with Crippen LogP contribution in [0.3, 0.4) is 0 Å². The maximum Gasteiger partial charge on any atom is 0.479 e. The van der Waals surface area contributed by atoms with Crippen molar-refractivity contribution in [2.24, 2.45) is 0 Å². The number of hydrogen-bond donors (Lipinski definition) is 1. The molecule has 0 N–H and O–H groups in total. The molecule has 0 heterocycles. The molecule has 0 radical (unpaired) electrons. The van der Waals surface area contributed by atoms with Crippen molar-refractivity contribution in [1.82, 2.24) is 0 Å². The number of halogens is 2. The van der Waals surface area contributed by atoms with Gasteiger partial charge < -0.3 is 0 Å². The quantitative estimate of drug-likeness (QED) is 0.435. The van der Waals surface area contributed by atoms with E-state index in [0.29, 0.717) is 0 Å². The lowest BCUT2D eigenvalue weighted by molar-refractivity contribution is -0.104. The summed E-state index contributed by atoms with van der Waals surface area (Å²) in [5.74, 6) is 0. The van der Waals surface area contributed by atoms with Crippen molar-refractivity contribution in [2.75, 3.05) is 14.2 Å². The van der Waals surface area contributed by atoms with Gasteiger partial charge in [-0.05, 0) is 0 Å². The molecule has 0 bridgehead atoms. The molecule has 0 aliphatic heterocycles. The minimum absolute atomic E-state index is 0.920. The van der Waals surface area contributed by atoms with E-state index in [-0.39, 0.29) is 0 Å². The molecule has 0 aromatic rings. The summed E-state index contributed by atoms with van der Waals surface area (Å²) in [4.78, 5) is 0. The average Bonchev–Trinajstić information content (AvgIpc) is 1.84. The van der Waals surface area contributed by atoms with E-state index in [0.717, 1.165) is 14.2 Å². The number of phosphoric ester groups is 1. The molecule has 11 heavy (non-hydrogen) atoms. The SMILES string of the molecule is COP(=O)(OC)OC(F)(F)S. The van der Waals surface area contributed by atoms with Gasteiger partial charge in [0, 0.05) is 14.2 Å². The first kappa shape index (κ1) is 11.3. The molecular formula is C3H7F2O4PS. The van der Waals surface area contributed by atoms with E-state index < -0.39 is 13.3 Å². The van der Waals surface area contributed by atoms with Gasteiger partial charge in [-0.1, -0.05) is 12.6 Å². The van der Waals surface area contributed by atoms with Crippen LogP contribution in [0.2, 0.25) is 0 Å². The molecule has 0 saturated carbocycles. The molecule has 0 aliphatic carbocycles. The first-order valence-electron chi connectivity index (χ1n) is 2.35. The summed E-state index contributed by atoms with van der Waals surface area (Å²) in [7, 11) is -2.29. The molecule has 68 valence electrons. The summed E-state index contributed by atoms with van der Waals surface area (Å²) in [6.07, 6.45) is 0. The lowest BCUT2D eigenvalue weighted by atomic mass is 11.5. The molecule has 0 fully saturated rings. The van der Waals surface area contributed by atoms with E-state index in [9.17, 15) is 13.3 Å². The summed E-state index contributed by atoms with van der Waals surface area (Å²) < 4.78 is 46.2. The average molecular weight is 208 g/mol. The number of alkyl halides is 2. The number of phosphoric acid groups is 1. The van der Waals surface area contributed by atoms with Crippen LogP contribution in [0.5, 0.6) is 0 Å². The smallest absolute Gasteiger partial charge is 0.290 e. The fraction of sp³-hybridized carbons (Fsp3) is 1.00. The summed E-state index contributed by atoms with van der Waals surface area (Å²) in [6, 6.07) is 0. The Labute approximate surface area is 67.8 Å². The van der Waals surface area contributed by atoms with E-state index in [1.54, 1.807) is 0 Å². The third kappa shape index (κ3) is 4.71. The van der Waals surface area contributed by atoms with Crippen molar-refractivity contribution < 1.29 is 26.9 Å². The third-order valence-electron chi connectivity index (χ3n) is 0.669. The van der Waals surface area contributed by atoms with Crippen LogP contribution in [-0.2, 0) is 18.1 Å². The fourth-order valence-electron chi connectivity index (χ4n) is 0.284. The van der Waals surface area contributed by atoms with Crippen LogP contribution < -0.4 is 0 Å². The van der Waals surface area contributed by atoms with Gasteiger partial charge >= 0.3 is 13.3 Å². The van der Waals surface area contributed by atoms with Crippen LogP contribution in [0, 0.1) is 0 Å². The van der Waals surface area contributed by atoms with E-state index in [1.165, 1.54) is 0 Å². The van der Waals surface area contributed by atoms with Gasteiger partial charge in [0.2, 0.25) is 0 Å². The van der Waals surface area contributed by atoms with Crippen LogP contribution in [0.1, 0.15) is 0 Å². The van der Waals surface area contributed by atoms with Gasteiger partial charge in [0.05, 0.1) is 0 Å². The zero-order chi connectivity index (χ0) is 9.12. The topological polar surface area (TPSA) is 44.8 Å². The van der Waals surface area contributed by atoms with Gasteiger partial charge in [-0.15, -0.1) is 0 Å². The first-order valence-corrected chi connectivity index (χ1v) is 4.26. The minimum Gasteiger partial charge on any atom is -0.290 e. The van der Waals surface area contributed by atoms with E-state index in [2.05, 4.69) is 26.2 Å². The van der Waals surface area contributed by atoms with Gasteiger partial charge in [-0.2, -0.15) is 8.78 Å². The normalized spacial score (nSPS) is 13.5. The second-order valence-electron chi connectivity index (χ2n) is 1.39. The molecule has 0 rings (SSSR count). The molecule has 0 unspecified atom stereocenters. The highest BCUT2D eigenvalue weighted by atomic mass is 32.1. The Balaban J connectivity index is 4.21. The van der Waals surface area contributed by atoms with Gasteiger partial charge in [-0.3, -0.25) is 9.05 Å². The van der Waals surface area contributed by atoms with Gasteiger partial charge in [0.1, 0.15) is 0 Å². The molecular weight excluding hydrogens is 201 g/mol. The highest BCUT2D eigenvalue weighted by molar-refractivity contribution is 7.81. The Hall–Kier alpha value is 0.320. The molecule has 0 spiro atoms. The Morgan fingerprint density at radius 3 is 1.82 bits per heavy atom. The highest BCUT2D eigenvalue weighted by Crippen LogP contribution is 2.52. The van der Waals surface area contributed by atoms with Crippen molar-refractivity contribution in [3.63, 3.8) is 0 Å². The first-order chi connectivity index (χ1) is 4.83. The summed E-state index contributed by atoms with van der Waals surface area (Å²) >= 11 is 2.67. The Morgan fingerprint density at radius 1 is 1.36 bits per heavy atom. The number of thiol groups is 1. The number of rotatable bonds is 4. The summed E-state index contributed by atoms with van der Waals surface area (Å²) in [5, 5.41) is 0. The number of hydrogen-bond acceptors (Lipinski definition) is 5. The predicted molar refractivity (Wildman–Crippen MR) is 36.6 cm³/mol. The van der Waals surface area contributed by atoms with E-state index in [1.807, 2.05) is 0 Å². The lowest BCUT2D eigenvalue weighted by Crippen LogP contribution is -2.11. The van der Waals surface area contributed by atoms with Crippen LogP contribution >= 0.6 is 20.5 Å². The molecule has 4 nitrogen and oxygen atoms in total. The van der Waals surface area contributed by atoms with Gasteiger partial charge in [0.25, 0.3) is 0 Å². The van der Waals surface area contributed by atoms with Crippen LogP contribution in [0.25, 0.3) is 0 Å². The second kappa shape index (κ2) is 3.82. The van der Waals surface area contributed by atoms with Crippen LogP contribution in [0.15, 0.2) is 0 Å². The fourth-order valence-corrected chi connectivity index (χ4v) is 1.15. The maximum atomic E-state index is 11.9. The maximum absolute atomic E-state index is 11.9. The molecule has 0 aliphatic rings. The van der Waals surface area contributed by atoms with Crippen molar-refractivity contribution in [3.8, 4) is 0 Å². The zero-order valence-electron chi connectivity index (χ0n) is 5.78.